The molecule has 0 unspecified atom stereocenters. The molecule has 0 bridgehead atoms. The normalized spacial score (nSPS) is 18.2. The minimum Gasteiger partial charge on any atom is -0.374 e. The van der Waals surface area contributed by atoms with Gasteiger partial charge in [0.25, 0.3) is 0 Å². The summed E-state index contributed by atoms with van der Waals surface area (Å²) in [4.78, 5) is 12.5. The summed E-state index contributed by atoms with van der Waals surface area (Å²) in [5, 5.41) is 11.3. The van der Waals surface area contributed by atoms with Crippen LogP contribution in [-0.2, 0) is 4.79 Å². The lowest BCUT2D eigenvalue weighted by atomic mass is 9.78. The second-order valence-corrected chi connectivity index (χ2v) is 6.49. The molecule has 18 heavy (non-hydrogen) atoms. The Labute approximate surface area is 111 Å². The molecular weight excluding hydrogens is 248 g/mol. The van der Waals surface area contributed by atoms with E-state index in [4.69, 9.17) is 5.73 Å². The van der Waals surface area contributed by atoms with Crippen LogP contribution in [0.5, 0.6) is 0 Å². The summed E-state index contributed by atoms with van der Waals surface area (Å²) in [6.07, 6.45) is 5.17. The van der Waals surface area contributed by atoms with Crippen LogP contribution >= 0.6 is 11.3 Å². The number of aromatic nitrogens is 2. The van der Waals surface area contributed by atoms with Gasteiger partial charge in [0.1, 0.15) is 0 Å². The molecule has 1 aromatic rings. The predicted molar refractivity (Wildman–Crippen MR) is 73.3 cm³/mol. The van der Waals surface area contributed by atoms with Crippen molar-refractivity contribution in [3.63, 3.8) is 0 Å². The van der Waals surface area contributed by atoms with E-state index >= 15 is 0 Å². The first kappa shape index (κ1) is 13.3. The Morgan fingerprint density at radius 2 is 2.11 bits per heavy atom. The average molecular weight is 268 g/mol. The molecule has 5 nitrogen and oxygen atoms in total. The highest BCUT2D eigenvalue weighted by molar-refractivity contribution is 7.18. The number of rotatable bonds is 4. The third-order valence-corrected chi connectivity index (χ3v) is 4.17. The Kier molecular flexibility index (Phi) is 3.85. The predicted octanol–water partition coefficient (Wildman–Crippen LogP) is 2.67. The molecule has 1 aliphatic carbocycles. The maximum absolute atomic E-state index is 12.5. The van der Waals surface area contributed by atoms with Gasteiger partial charge in [0.05, 0.1) is 0 Å². The molecule has 0 aromatic carbocycles. The van der Waals surface area contributed by atoms with Crippen molar-refractivity contribution in [3.05, 3.63) is 0 Å². The Morgan fingerprint density at radius 3 is 2.61 bits per heavy atom. The number of nitrogens with zero attached hydrogens (tertiary/aromatic N) is 2. The van der Waals surface area contributed by atoms with Crippen LogP contribution in [0, 0.1) is 11.3 Å². The number of anilines is 2. The Morgan fingerprint density at radius 1 is 1.44 bits per heavy atom. The molecule has 0 radical (unpaired) electrons. The van der Waals surface area contributed by atoms with Crippen molar-refractivity contribution in [1.82, 2.24) is 10.2 Å². The van der Waals surface area contributed by atoms with Gasteiger partial charge in [-0.25, -0.2) is 0 Å². The van der Waals surface area contributed by atoms with E-state index in [0.717, 1.165) is 32.1 Å². The number of hydrogen-bond acceptors (Lipinski definition) is 5. The lowest BCUT2D eigenvalue weighted by Crippen LogP contribution is -2.35. The fourth-order valence-electron chi connectivity index (χ4n) is 2.87. The van der Waals surface area contributed by atoms with Gasteiger partial charge in [0.2, 0.25) is 16.2 Å². The average Bonchev–Trinajstić information content (AvgIpc) is 2.88. The number of carbonyl (C=O) groups excluding carboxylic acids is 1. The molecule has 1 amide bonds. The van der Waals surface area contributed by atoms with Crippen LogP contribution in [0.4, 0.5) is 10.3 Å². The molecule has 3 N–H and O–H groups in total. The summed E-state index contributed by atoms with van der Waals surface area (Å²) in [7, 11) is 0. The first-order valence-electron chi connectivity index (χ1n) is 6.42. The van der Waals surface area contributed by atoms with E-state index in [0.29, 0.717) is 16.2 Å². The zero-order valence-electron chi connectivity index (χ0n) is 10.9. The van der Waals surface area contributed by atoms with Gasteiger partial charge in [-0.2, -0.15) is 0 Å². The van der Waals surface area contributed by atoms with Gasteiger partial charge in [-0.1, -0.05) is 38.0 Å². The fourth-order valence-corrected chi connectivity index (χ4v) is 3.38. The van der Waals surface area contributed by atoms with Gasteiger partial charge < -0.3 is 5.73 Å². The van der Waals surface area contributed by atoms with E-state index in [1.54, 1.807) is 0 Å². The smallest absolute Gasteiger partial charge is 0.232 e. The minimum absolute atomic E-state index is 0.0878. The van der Waals surface area contributed by atoms with Gasteiger partial charge in [-0.15, -0.1) is 10.2 Å². The van der Waals surface area contributed by atoms with Crippen LogP contribution in [-0.4, -0.2) is 16.1 Å². The Bertz CT molecular complexity index is 423. The maximum Gasteiger partial charge on any atom is 0.232 e. The molecule has 2 rings (SSSR count). The monoisotopic (exact) mass is 268 g/mol. The molecule has 1 aromatic heterocycles. The van der Waals surface area contributed by atoms with Crippen LogP contribution in [0.3, 0.4) is 0 Å². The maximum atomic E-state index is 12.5. The van der Waals surface area contributed by atoms with Crippen molar-refractivity contribution < 1.29 is 4.79 Å². The number of carbonyl (C=O) groups is 1. The van der Waals surface area contributed by atoms with E-state index in [2.05, 4.69) is 29.4 Å². The van der Waals surface area contributed by atoms with Crippen molar-refractivity contribution in [3.8, 4) is 0 Å². The molecule has 1 aliphatic rings. The van der Waals surface area contributed by atoms with Crippen LogP contribution in [0.25, 0.3) is 0 Å². The van der Waals surface area contributed by atoms with Gasteiger partial charge in [-0.05, 0) is 25.2 Å². The van der Waals surface area contributed by atoms with E-state index < -0.39 is 0 Å². The highest BCUT2D eigenvalue weighted by atomic mass is 32.1. The van der Waals surface area contributed by atoms with Gasteiger partial charge in [0, 0.05) is 5.41 Å². The fraction of sp³-hybridized carbons (Fsp3) is 0.750. The topological polar surface area (TPSA) is 80.9 Å². The van der Waals surface area contributed by atoms with Gasteiger partial charge >= 0.3 is 0 Å². The highest BCUT2D eigenvalue weighted by Crippen LogP contribution is 2.44. The second-order valence-electron chi connectivity index (χ2n) is 5.48. The van der Waals surface area contributed by atoms with Crippen LogP contribution < -0.4 is 11.1 Å². The van der Waals surface area contributed by atoms with Gasteiger partial charge in [0.15, 0.2) is 0 Å². The summed E-state index contributed by atoms with van der Waals surface area (Å²) in [6.45, 7) is 4.33. The van der Waals surface area contributed by atoms with E-state index in [-0.39, 0.29) is 11.3 Å². The van der Waals surface area contributed by atoms with Crippen molar-refractivity contribution in [2.45, 2.75) is 46.0 Å². The molecule has 1 heterocycles. The number of hydrogen-bond donors (Lipinski definition) is 2. The molecule has 0 spiro atoms. The summed E-state index contributed by atoms with van der Waals surface area (Å²) >= 11 is 1.22. The van der Waals surface area contributed by atoms with E-state index in [9.17, 15) is 4.79 Å². The molecule has 1 fully saturated rings. The number of nitrogens with one attached hydrogen (secondary N) is 1. The zero-order chi connectivity index (χ0) is 13.2. The first-order chi connectivity index (χ1) is 8.52. The highest BCUT2D eigenvalue weighted by Gasteiger charge is 2.41. The van der Waals surface area contributed by atoms with Crippen LogP contribution in [0.15, 0.2) is 0 Å². The number of nitrogens with two attached hydrogens (primary N) is 1. The van der Waals surface area contributed by atoms with Crippen molar-refractivity contribution in [2.75, 3.05) is 11.1 Å². The molecular formula is C12H20N4OS. The zero-order valence-corrected chi connectivity index (χ0v) is 11.7. The van der Waals surface area contributed by atoms with Crippen LogP contribution in [0.1, 0.15) is 46.0 Å². The van der Waals surface area contributed by atoms with Crippen molar-refractivity contribution >= 4 is 27.5 Å². The largest absolute Gasteiger partial charge is 0.374 e. The minimum atomic E-state index is -0.214. The second kappa shape index (κ2) is 5.22. The standard InChI is InChI=1S/C12H20N4OS/c1-8(2)7-12(5-3-4-6-12)9(17)14-11-16-15-10(13)18-11/h8H,3-7H2,1-2H3,(H2,13,15)(H,14,16,17). The Hall–Kier alpha value is -1.17. The number of nitrogen functional groups attached to an aromatic ring is 1. The van der Waals surface area contributed by atoms with Crippen molar-refractivity contribution in [2.24, 2.45) is 11.3 Å². The molecule has 0 atom stereocenters. The Balaban J connectivity index is 2.09. The lowest BCUT2D eigenvalue weighted by Gasteiger charge is -2.28. The molecule has 1 saturated carbocycles. The molecule has 0 saturated heterocycles. The van der Waals surface area contributed by atoms with E-state index in [1.807, 2.05) is 0 Å². The number of amides is 1. The SMILES string of the molecule is CC(C)CC1(C(=O)Nc2nnc(N)s2)CCCC1. The summed E-state index contributed by atoms with van der Waals surface area (Å²) in [5.41, 5.74) is 5.30. The first-order valence-corrected chi connectivity index (χ1v) is 7.24. The molecule has 0 aliphatic heterocycles. The van der Waals surface area contributed by atoms with E-state index in [1.165, 1.54) is 11.3 Å². The molecule has 6 heteroatoms. The summed E-state index contributed by atoms with van der Waals surface area (Å²) < 4.78 is 0. The summed E-state index contributed by atoms with van der Waals surface area (Å²) in [5.74, 6) is 0.609. The lowest BCUT2D eigenvalue weighted by molar-refractivity contribution is -0.126. The summed E-state index contributed by atoms with van der Waals surface area (Å²) in [6, 6.07) is 0. The third-order valence-electron chi connectivity index (χ3n) is 3.50. The van der Waals surface area contributed by atoms with Crippen LogP contribution in [0.2, 0.25) is 0 Å². The van der Waals surface area contributed by atoms with Gasteiger partial charge in [-0.3, -0.25) is 10.1 Å². The third kappa shape index (κ3) is 2.80. The molecule has 100 valence electrons. The quantitative estimate of drug-likeness (QED) is 0.879. The van der Waals surface area contributed by atoms with Crippen molar-refractivity contribution in [1.29, 1.82) is 0 Å².